The van der Waals surface area contributed by atoms with E-state index in [9.17, 15) is 4.79 Å². The van der Waals surface area contributed by atoms with Crippen LogP contribution in [0.3, 0.4) is 0 Å². The highest BCUT2D eigenvalue weighted by molar-refractivity contribution is 14.1. The van der Waals surface area contributed by atoms with Crippen LogP contribution in [0.5, 0.6) is 0 Å². The first-order valence-corrected chi connectivity index (χ1v) is 7.77. The van der Waals surface area contributed by atoms with E-state index in [0.29, 0.717) is 5.41 Å². The molecule has 3 heteroatoms. The number of nitrogens with one attached hydrogen (secondary N) is 1. The van der Waals surface area contributed by atoms with Gasteiger partial charge in [0.2, 0.25) is 0 Å². The number of carbonyl (C=O) groups excluding carboxylic acids is 1. The van der Waals surface area contributed by atoms with Gasteiger partial charge in [-0.05, 0) is 65.5 Å². The Morgan fingerprint density at radius 1 is 1.39 bits per heavy atom. The van der Waals surface area contributed by atoms with Gasteiger partial charge in [-0.25, -0.2) is 0 Å². The minimum Gasteiger partial charge on any atom is -0.351 e. The number of halogens is 1. The molecule has 0 radical (unpaired) electrons. The molecule has 1 N–H and O–H groups in total. The van der Waals surface area contributed by atoms with E-state index in [-0.39, 0.29) is 5.91 Å². The Kier molecular flexibility index (Phi) is 4.65. The predicted molar refractivity (Wildman–Crippen MR) is 82.7 cm³/mol. The van der Waals surface area contributed by atoms with E-state index >= 15 is 0 Å². The fourth-order valence-corrected chi connectivity index (χ4v) is 3.32. The molecule has 1 aliphatic rings. The van der Waals surface area contributed by atoms with Gasteiger partial charge in [0.25, 0.3) is 5.91 Å². The zero-order valence-electron chi connectivity index (χ0n) is 10.8. The quantitative estimate of drug-likeness (QED) is 0.812. The smallest absolute Gasteiger partial charge is 0.251 e. The van der Waals surface area contributed by atoms with Gasteiger partial charge < -0.3 is 5.32 Å². The van der Waals surface area contributed by atoms with Crippen molar-refractivity contribution in [1.82, 2.24) is 5.32 Å². The summed E-state index contributed by atoms with van der Waals surface area (Å²) in [7, 11) is 0. The van der Waals surface area contributed by atoms with E-state index in [2.05, 4.69) is 34.8 Å². The number of amides is 1. The van der Waals surface area contributed by atoms with Crippen molar-refractivity contribution in [3.05, 3.63) is 33.4 Å². The molecular formula is C15H20INO. The van der Waals surface area contributed by atoms with Crippen molar-refractivity contribution in [2.75, 3.05) is 6.54 Å². The van der Waals surface area contributed by atoms with Gasteiger partial charge in [-0.15, -0.1) is 0 Å². The molecule has 0 saturated heterocycles. The Bertz CT molecular complexity index is 424. The molecule has 2 rings (SSSR count). The van der Waals surface area contributed by atoms with Gasteiger partial charge in [0.15, 0.2) is 0 Å². The molecule has 0 aromatic heterocycles. The van der Waals surface area contributed by atoms with E-state index in [1.54, 1.807) is 0 Å². The Morgan fingerprint density at radius 3 is 2.72 bits per heavy atom. The molecule has 1 aromatic carbocycles. The van der Waals surface area contributed by atoms with Crippen LogP contribution in [0.25, 0.3) is 0 Å². The lowest BCUT2D eigenvalue weighted by molar-refractivity contribution is 0.0928. The summed E-state index contributed by atoms with van der Waals surface area (Å²) in [6.45, 7) is 3.07. The van der Waals surface area contributed by atoms with Crippen LogP contribution in [0.1, 0.15) is 49.4 Å². The second kappa shape index (κ2) is 6.04. The van der Waals surface area contributed by atoms with Crippen molar-refractivity contribution >= 4 is 28.5 Å². The average Bonchev–Trinajstić information content (AvgIpc) is 2.85. The summed E-state index contributed by atoms with van der Waals surface area (Å²) in [5.74, 6) is 0.0632. The zero-order valence-corrected chi connectivity index (χ0v) is 13.0. The van der Waals surface area contributed by atoms with Crippen LogP contribution in [-0.2, 0) is 0 Å². The topological polar surface area (TPSA) is 29.1 Å². The van der Waals surface area contributed by atoms with Crippen LogP contribution in [0.4, 0.5) is 0 Å². The SMILES string of the molecule is CCC1(CNC(=O)c2cccc(I)c2)CCCC1. The lowest BCUT2D eigenvalue weighted by Gasteiger charge is -2.27. The van der Waals surface area contributed by atoms with Gasteiger partial charge in [-0.3, -0.25) is 4.79 Å². The highest BCUT2D eigenvalue weighted by Gasteiger charge is 2.32. The van der Waals surface area contributed by atoms with Crippen LogP contribution < -0.4 is 5.32 Å². The third kappa shape index (κ3) is 3.25. The first-order valence-electron chi connectivity index (χ1n) is 6.69. The van der Waals surface area contributed by atoms with Crippen LogP contribution >= 0.6 is 22.6 Å². The molecule has 1 fully saturated rings. The lowest BCUT2D eigenvalue weighted by Crippen LogP contribution is -2.35. The first-order chi connectivity index (χ1) is 8.65. The molecule has 98 valence electrons. The van der Waals surface area contributed by atoms with Gasteiger partial charge >= 0.3 is 0 Å². The van der Waals surface area contributed by atoms with E-state index in [1.807, 2.05) is 24.3 Å². The lowest BCUT2D eigenvalue weighted by atomic mass is 9.83. The molecule has 0 spiro atoms. The van der Waals surface area contributed by atoms with E-state index in [1.165, 1.54) is 32.1 Å². The predicted octanol–water partition coefficient (Wildman–Crippen LogP) is 3.99. The molecule has 1 aliphatic carbocycles. The van der Waals surface area contributed by atoms with Crippen molar-refractivity contribution in [2.24, 2.45) is 5.41 Å². The fraction of sp³-hybridized carbons (Fsp3) is 0.533. The summed E-state index contributed by atoms with van der Waals surface area (Å²) in [6.07, 6.45) is 6.31. The second-order valence-corrected chi connectivity index (χ2v) is 6.50. The van der Waals surface area contributed by atoms with Gasteiger partial charge in [0.05, 0.1) is 0 Å². The van der Waals surface area contributed by atoms with Crippen molar-refractivity contribution in [3.63, 3.8) is 0 Å². The first kappa shape index (κ1) is 13.8. The molecule has 18 heavy (non-hydrogen) atoms. The zero-order chi connectivity index (χ0) is 13.0. The molecular weight excluding hydrogens is 337 g/mol. The highest BCUT2D eigenvalue weighted by Crippen LogP contribution is 2.40. The summed E-state index contributed by atoms with van der Waals surface area (Å²) in [6, 6.07) is 7.75. The van der Waals surface area contributed by atoms with Gasteiger partial charge in [-0.2, -0.15) is 0 Å². The Hall–Kier alpha value is -0.580. The minimum absolute atomic E-state index is 0.0632. The highest BCUT2D eigenvalue weighted by atomic mass is 127. The van der Waals surface area contributed by atoms with Gasteiger partial charge in [-0.1, -0.05) is 25.8 Å². The Balaban J connectivity index is 1.96. The molecule has 1 saturated carbocycles. The third-order valence-electron chi connectivity index (χ3n) is 4.12. The number of hydrogen-bond donors (Lipinski definition) is 1. The molecule has 2 nitrogen and oxygen atoms in total. The van der Waals surface area contributed by atoms with Gasteiger partial charge in [0, 0.05) is 15.7 Å². The van der Waals surface area contributed by atoms with Crippen LogP contribution in [0.15, 0.2) is 24.3 Å². The van der Waals surface area contributed by atoms with E-state index in [4.69, 9.17) is 0 Å². The molecule has 0 heterocycles. The molecule has 0 atom stereocenters. The van der Waals surface area contributed by atoms with Crippen LogP contribution in [0.2, 0.25) is 0 Å². The fourth-order valence-electron chi connectivity index (χ4n) is 2.78. The monoisotopic (exact) mass is 357 g/mol. The average molecular weight is 357 g/mol. The Labute approximate surface area is 123 Å². The summed E-state index contributed by atoms with van der Waals surface area (Å²) in [5.41, 5.74) is 1.13. The van der Waals surface area contributed by atoms with Crippen molar-refractivity contribution in [1.29, 1.82) is 0 Å². The summed E-state index contributed by atoms with van der Waals surface area (Å²) in [4.78, 5) is 12.1. The molecule has 1 amide bonds. The largest absolute Gasteiger partial charge is 0.351 e. The van der Waals surface area contributed by atoms with Crippen molar-refractivity contribution in [2.45, 2.75) is 39.0 Å². The standard InChI is InChI=1S/C15H20INO/c1-2-15(8-3-4-9-15)11-17-14(18)12-6-5-7-13(16)10-12/h5-7,10H,2-4,8-9,11H2,1H3,(H,17,18). The number of hydrogen-bond acceptors (Lipinski definition) is 1. The molecule has 0 aliphatic heterocycles. The summed E-state index contributed by atoms with van der Waals surface area (Å²) < 4.78 is 1.10. The Morgan fingerprint density at radius 2 is 2.11 bits per heavy atom. The number of carbonyl (C=O) groups is 1. The summed E-state index contributed by atoms with van der Waals surface area (Å²) in [5, 5.41) is 3.12. The number of benzene rings is 1. The normalized spacial score (nSPS) is 17.7. The van der Waals surface area contributed by atoms with Gasteiger partial charge in [0.1, 0.15) is 0 Å². The van der Waals surface area contributed by atoms with Crippen LogP contribution in [0, 0.1) is 8.99 Å². The summed E-state index contributed by atoms with van der Waals surface area (Å²) >= 11 is 2.24. The van der Waals surface area contributed by atoms with Crippen molar-refractivity contribution < 1.29 is 4.79 Å². The molecule has 0 bridgehead atoms. The number of rotatable bonds is 4. The second-order valence-electron chi connectivity index (χ2n) is 5.25. The molecule has 0 unspecified atom stereocenters. The van der Waals surface area contributed by atoms with Crippen molar-refractivity contribution in [3.8, 4) is 0 Å². The maximum atomic E-state index is 12.1. The molecule has 1 aromatic rings. The minimum atomic E-state index is 0.0632. The van der Waals surface area contributed by atoms with E-state index in [0.717, 1.165) is 15.7 Å². The third-order valence-corrected chi connectivity index (χ3v) is 4.80. The van der Waals surface area contributed by atoms with Crippen LogP contribution in [-0.4, -0.2) is 12.5 Å². The maximum Gasteiger partial charge on any atom is 0.251 e. The maximum absolute atomic E-state index is 12.1. The van der Waals surface area contributed by atoms with E-state index < -0.39 is 0 Å².